The Morgan fingerprint density at radius 1 is 1.29 bits per heavy atom. The minimum Gasteiger partial charge on any atom is -0.366 e. The molecule has 0 unspecified atom stereocenters. The van der Waals surface area contributed by atoms with Gasteiger partial charge in [0.25, 0.3) is 5.91 Å². The normalized spacial score (nSPS) is 10.3. The number of nitrogens with two attached hydrogens (primary N) is 1. The second kappa shape index (κ2) is 6.00. The number of amides is 2. The highest BCUT2D eigenvalue weighted by molar-refractivity contribution is 6.03. The molecule has 0 aromatic heterocycles. The van der Waals surface area contributed by atoms with Gasteiger partial charge in [-0.2, -0.15) is 0 Å². The highest BCUT2D eigenvalue weighted by atomic mass is 16.2. The van der Waals surface area contributed by atoms with Gasteiger partial charge in [-0.15, -0.1) is 0 Å². The predicted molar refractivity (Wildman–Crippen MR) is 66.7 cm³/mol. The number of hydrogen-bond acceptors (Lipinski definition) is 3. The van der Waals surface area contributed by atoms with Crippen molar-refractivity contribution in [3.05, 3.63) is 29.8 Å². The van der Waals surface area contributed by atoms with Gasteiger partial charge in [-0.1, -0.05) is 26.0 Å². The monoisotopic (exact) mass is 235 g/mol. The number of carbonyl (C=O) groups is 2. The van der Waals surface area contributed by atoms with Crippen LogP contribution < -0.4 is 16.4 Å². The summed E-state index contributed by atoms with van der Waals surface area (Å²) in [4.78, 5) is 22.7. The van der Waals surface area contributed by atoms with E-state index in [1.54, 1.807) is 24.3 Å². The van der Waals surface area contributed by atoms with E-state index < -0.39 is 5.91 Å². The lowest BCUT2D eigenvalue weighted by Gasteiger charge is -2.10. The fraction of sp³-hybridized carbons (Fsp3) is 0.333. The van der Waals surface area contributed by atoms with Crippen LogP contribution >= 0.6 is 0 Å². The Hall–Kier alpha value is -1.88. The summed E-state index contributed by atoms with van der Waals surface area (Å²) < 4.78 is 0. The SMILES string of the molecule is CC(C)NCC(=O)Nc1ccccc1C(N)=O. The van der Waals surface area contributed by atoms with Crippen molar-refractivity contribution in [2.45, 2.75) is 19.9 Å². The molecular weight excluding hydrogens is 218 g/mol. The number of nitrogens with one attached hydrogen (secondary N) is 2. The van der Waals surface area contributed by atoms with Gasteiger partial charge in [-0.05, 0) is 12.1 Å². The van der Waals surface area contributed by atoms with E-state index in [2.05, 4.69) is 10.6 Å². The Kier molecular flexibility index (Phi) is 4.66. The lowest BCUT2D eigenvalue weighted by atomic mass is 10.1. The van der Waals surface area contributed by atoms with E-state index in [0.717, 1.165) is 0 Å². The van der Waals surface area contributed by atoms with Gasteiger partial charge < -0.3 is 16.4 Å². The molecule has 0 bridgehead atoms. The third-order valence-electron chi connectivity index (χ3n) is 2.14. The molecule has 1 aromatic carbocycles. The maximum atomic E-state index is 11.6. The van der Waals surface area contributed by atoms with Crippen LogP contribution in [-0.2, 0) is 4.79 Å². The molecule has 0 aliphatic rings. The van der Waals surface area contributed by atoms with Crippen molar-refractivity contribution >= 4 is 17.5 Å². The molecule has 5 heteroatoms. The van der Waals surface area contributed by atoms with Crippen LogP contribution in [0.25, 0.3) is 0 Å². The average molecular weight is 235 g/mol. The van der Waals surface area contributed by atoms with E-state index in [9.17, 15) is 9.59 Å². The molecule has 0 fully saturated rings. The molecule has 0 saturated heterocycles. The van der Waals surface area contributed by atoms with Crippen molar-refractivity contribution in [2.24, 2.45) is 5.73 Å². The molecule has 1 rings (SSSR count). The Balaban J connectivity index is 2.68. The first kappa shape index (κ1) is 13.2. The number of primary amides is 1. The van der Waals surface area contributed by atoms with Crippen LogP contribution in [0.4, 0.5) is 5.69 Å². The van der Waals surface area contributed by atoms with Gasteiger partial charge in [0.15, 0.2) is 0 Å². The first-order valence-corrected chi connectivity index (χ1v) is 5.42. The number of hydrogen-bond donors (Lipinski definition) is 3. The molecule has 4 N–H and O–H groups in total. The van der Waals surface area contributed by atoms with E-state index in [0.29, 0.717) is 11.3 Å². The summed E-state index contributed by atoms with van der Waals surface area (Å²) in [5.41, 5.74) is 5.96. The highest BCUT2D eigenvalue weighted by Gasteiger charge is 2.09. The van der Waals surface area contributed by atoms with Crippen molar-refractivity contribution in [1.82, 2.24) is 5.32 Å². The molecule has 0 heterocycles. The number of carbonyl (C=O) groups excluding carboxylic acids is 2. The molecule has 92 valence electrons. The first-order chi connectivity index (χ1) is 8.00. The molecule has 5 nitrogen and oxygen atoms in total. The van der Waals surface area contributed by atoms with Crippen molar-refractivity contribution in [3.63, 3.8) is 0 Å². The number of rotatable bonds is 5. The van der Waals surface area contributed by atoms with Crippen LogP contribution in [0.5, 0.6) is 0 Å². The standard InChI is InChI=1S/C12H17N3O2/c1-8(2)14-7-11(16)15-10-6-4-3-5-9(10)12(13)17/h3-6,8,14H,7H2,1-2H3,(H2,13,17)(H,15,16). The Bertz CT molecular complexity index is 416. The van der Waals surface area contributed by atoms with E-state index in [-0.39, 0.29) is 18.5 Å². The lowest BCUT2D eigenvalue weighted by molar-refractivity contribution is -0.115. The highest BCUT2D eigenvalue weighted by Crippen LogP contribution is 2.13. The molecule has 0 aliphatic heterocycles. The zero-order chi connectivity index (χ0) is 12.8. The van der Waals surface area contributed by atoms with Gasteiger partial charge in [-0.3, -0.25) is 9.59 Å². The summed E-state index contributed by atoms with van der Waals surface area (Å²) in [6, 6.07) is 6.88. The summed E-state index contributed by atoms with van der Waals surface area (Å²) in [6.45, 7) is 4.10. The molecule has 0 radical (unpaired) electrons. The van der Waals surface area contributed by atoms with Gasteiger partial charge >= 0.3 is 0 Å². The number of para-hydroxylation sites is 1. The minimum absolute atomic E-state index is 0.199. The second-order valence-electron chi connectivity index (χ2n) is 3.99. The topological polar surface area (TPSA) is 84.2 Å². The summed E-state index contributed by atoms with van der Waals surface area (Å²) in [5.74, 6) is -0.759. The zero-order valence-electron chi connectivity index (χ0n) is 9.99. The van der Waals surface area contributed by atoms with Crippen molar-refractivity contribution < 1.29 is 9.59 Å². The van der Waals surface area contributed by atoms with Crippen LogP contribution in [-0.4, -0.2) is 24.4 Å². The number of anilines is 1. The van der Waals surface area contributed by atoms with Gasteiger partial charge in [0.05, 0.1) is 17.8 Å². The zero-order valence-corrected chi connectivity index (χ0v) is 9.99. The van der Waals surface area contributed by atoms with Crippen LogP contribution in [0.3, 0.4) is 0 Å². The molecule has 1 aromatic rings. The first-order valence-electron chi connectivity index (χ1n) is 5.42. The average Bonchev–Trinajstić information content (AvgIpc) is 2.27. The second-order valence-corrected chi connectivity index (χ2v) is 3.99. The molecule has 0 spiro atoms. The van der Waals surface area contributed by atoms with Crippen LogP contribution in [0.2, 0.25) is 0 Å². The van der Waals surface area contributed by atoms with E-state index >= 15 is 0 Å². The molecule has 0 atom stereocenters. The van der Waals surface area contributed by atoms with Gasteiger partial charge in [0.1, 0.15) is 0 Å². The quantitative estimate of drug-likeness (QED) is 0.703. The summed E-state index contributed by atoms with van der Waals surface area (Å²) in [7, 11) is 0. The maximum absolute atomic E-state index is 11.6. The van der Waals surface area contributed by atoms with Crippen molar-refractivity contribution in [1.29, 1.82) is 0 Å². The third-order valence-corrected chi connectivity index (χ3v) is 2.14. The largest absolute Gasteiger partial charge is 0.366 e. The predicted octanol–water partition coefficient (Wildman–Crippen LogP) is 0.722. The fourth-order valence-corrected chi connectivity index (χ4v) is 1.30. The van der Waals surface area contributed by atoms with Crippen LogP contribution in [0.15, 0.2) is 24.3 Å². The molecule has 2 amide bonds. The number of benzene rings is 1. The van der Waals surface area contributed by atoms with E-state index in [1.165, 1.54) is 0 Å². The van der Waals surface area contributed by atoms with Gasteiger partial charge in [0, 0.05) is 6.04 Å². The van der Waals surface area contributed by atoms with Gasteiger partial charge in [0.2, 0.25) is 5.91 Å². The fourth-order valence-electron chi connectivity index (χ4n) is 1.30. The third kappa shape index (κ3) is 4.24. The van der Waals surface area contributed by atoms with Crippen molar-refractivity contribution in [3.8, 4) is 0 Å². The summed E-state index contributed by atoms with van der Waals surface area (Å²) in [6.07, 6.45) is 0. The molecule has 17 heavy (non-hydrogen) atoms. The van der Waals surface area contributed by atoms with Gasteiger partial charge in [-0.25, -0.2) is 0 Å². The smallest absolute Gasteiger partial charge is 0.250 e. The molecular formula is C12H17N3O2. The Morgan fingerprint density at radius 2 is 1.94 bits per heavy atom. The summed E-state index contributed by atoms with van der Waals surface area (Å²) >= 11 is 0. The van der Waals surface area contributed by atoms with Crippen LogP contribution in [0.1, 0.15) is 24.2 Å². The lowest BCUT2D eigenvalue weighted by Crippen LogP contribution is -2.33. The van der Waals surface area contributed by atoms with E-state index in [1.807, 2.05) is 13.8 Å². The Labute approximate surface area is 100 Å². The van der Waals surface area contributed by atoms with Crippen molar-refractivity contribution in [2.75, 3.05) is 11.9 Å². The minimum atomic E-state index is -0.558. The van der Waals surface area contributed by atoms with Crippen LogP contribution in [0, 0.1) is 0 Å². The Morgan fingerprint density at radius 3 is 2.53 bits per heavy atom. The van der Waals surface area contributed by atoms with E-state index in [4.69, 9.17) is 5.73 Å². The maximum Gasteiger partial charge on any atom is 0.250 e. The summed E-state index contributed by atoms with van der Waals surface area (Å²) in [5, 5.41) is 5.63. The molecule has 0 aliphatic carbocycles. The molecule has 0 saturated carbocycles.